The van der Waals surface area contributed by atoms with Crippen LogP contribution in [0.4, 0.5) is 4.79 Å². The standard InChI is InChI=1S/C38H67N3O3.C2H6.CH2O2.HIS/c1-7-24(3)22-40-35-25(4)34-33(44-35)21-32-30-14-13-27-20-28(15-17-37(27,5)31(30)16-18-38(32,34)6)39-23-29(41-36(42)43-8-2)19-26-11-9-10-12-26;1-2;2-1-3;1-2/h24-35,39-40H,7-23H2,1-6H3,(H,41,42);1-2H3;1H,(H,2,3);2H/t24-,25-,27?,28?,29-,30+,31?,32?,33-,34?,35-,37-,38-;;;/m0.../s1. The molecular weight excluding hydrogens is 773 g/mol. The molecule has 298 valence electrons. The fourth-order valence-electron chi connectivity index (χ4n) is 12.2. The van der Waals surface area contributed by atoms with Gasteiger partial charge in [-0.25, -0.2) is 4.79 Å². The molecule has 0 bridgehead atoms. The van der Waals surface area contributed by atoms with Crippen LogP contribution in [-0.2, 0) is 14.3 Å². The molecule has 0 aromatic carbocycles. The SMILES string of the molecule is CC.CCOC(=O)N[C@H](CNC1CC[C@@]2(C)C(CC[C@@H]3C2CC[C@@]2(C)C3C[C@@H]3O[C@H](NC[C@@H](C)CC)[C@@H](C)C32)C1)CC1CCCC1.O=CO.SI. The molecule has 6 fully saturated rings. The molecule has 4 N–H and O–H groups in total. The molecule has 0 aromatic heterocycles. The van der Waals surface area contributed by atoms with Crippen molar-refractivity contribution in [1.29, 1.82) is 0 Å². The summed E-state index contributed by atoms with van der Waals surface area (Å²) in [5.41, 5.74) is 0.930. The van der Waals surface area contributed by atoms with E-state index in [9.17, 15) is 4.79 Å². The monoisotopic (exact) mass is 849 g/mol. The predicted octanol–water partition coefficient (Wildman–Crippen LogP) is 9.90. The number of hydrogen-bond donors (Lipinski definition) is 5. The largest absolute Gasteiger partial charge is 0.483 e. The van der Waals surface area contributed by atoms with Gasteiger partial charge in [-0.05, 0) is 138 Å². The molecule has 1 heterocycles. The van der Waals surface area contributed by atoms with Crippen molar-refractivity contribution in [3.05, 3.63) is 0 Å². The fraction of sp³-hybridized carbons (Fsp3) is 0.951. The number of carboxylic acid groups (broad SMARTS) is 1. The molecule has 8 nitrogen and oxygen atoms in total. The summed E-state index contributed by atoms with van der Waals surface area (Å²) < 4.78 is 12.1. The molecule has 10 heteroatoms. The Balaban J connectivity index is 0.000000938. The van der Waals surface area contributed by atoms with E-state index in [-0.39, 0.29) is 24.8 Å². The lowest BCUT2D eigenvalue weighted by molar-refractivity contribution is -0.122. The number of carbonyl (C=O) groups excluding carboxylic acids is 1. The maximum absolute atomic E-state index is 12.3. The van der Waals surface area contributed by atoms with Crippen LogP contribution >= 0.6 is 31.0 Å². The van der Waals surface area contributed by atoms with Crippen LogP contribution in [0.25, 0.3) is 0 Å². The second-order valence-electron chi connectivity index (χ2n) is 17.3. The minimum absolute atomic E-state index is 0.175. The second kappa shape index (κ2) is 21.7. The molecule has 0 aromatic rings. The van der Waals surface area contributed by atoms with Crippen LogP contribution in [-0.4, -0.2) is 61.8 Å². The minimum Gasteiger partial charge on any atom is -0.483 e. The van der Waals surface area contributed by atoms with E-state index in [1.165, 1.54) is 83.5 Å². The zero-order valence-electron chi connectivity index (χ0n) is 33.4. The first-order chi connectivity index (χ1) is 24.6. The zero-order valence-corrected chi connectivity index (χ0v) is 36.5. The molecule has 5 aliphatic carbocycles. The topological polar surface area (TPSA) is 109 Å². The lowest BCUT2D eigenvalue weighted by Crippen LogP contribution is -2.56. The van der Waals surface area contributed by atoms with E-state index in [1.807, 2.05) is 42.0 Å². The number of ether oxygens (including phenoxy) is 2. The van der Waals surface area contributed by atoms with Crippen LogP contribution in [0, 0.1) is 58.2 Å². The second-order valence-corrected chi connectivity index (χ2v) is 17.3. The summed E-state index contributed by atoms with van der Waals surface area (Å²) in [6.45, 7) is 20.5. The van der Waals surface area contributed by atoms with Gasteiger partial charge in [0, 0.05) is 31.1 Å². The Bertz CT molecular complexity index is 1040. The first-order valence-corrected chi connectivity index (χ1v) is 24.1. The number of thiol groups is 1. The van der Waals surface area contributed by atoms with Gasteiger partial charge in [-0.3, -0.25) is 10.1 Å². The summed E-state index contributed by atoms with van der Waals surface area (Å²) in [6.07, 6.45) is 19.0. The smallest absolute Gasteiger partial charge is 0.407 e. The highest BCUT2D eigenvalue weighted by Crippen LogP contribution is 2.69. The number of rotatable bonds is 11. The summed E-state index contributed by atoms with van der Waals surface area (Å²) >= 11 is 1.84. The number of nitrogens with one attached hydrogen (secondary N) is 3. The van der Waals surface area contributed by atoms with Crippen molar-refractivity contribution in [3.8, 4) is 0 Å². The minimum atomic E-state index is -0.250. The Hall–Kier alpha value is -0.300. The van der Waals surface area contributed by atoms with E-state index in [4.69, 9.17) is 19.4 Å². The van der Waals surface area contributed by atoms with E-state index in [1.54, 1.807) is 0 Å². The number of fused-ring (bicyclic) bond motifs is 7. The summed E-state index contributed by atoms with van der Waals surface area (Å²) in [6, 6.07) is 0.752. The average molecular weight is 850 g/mol. The van der Waals surface area contributed by atoms with Crippen molar-refractivity contribution in [2.75, 3.05) is 19.7 Å². The van der Waals surface area contributed by atoms with Gasteiger partial charge in [0.25, 0.3) is 6.47 Å². The van der Waals surface area contributed by atoms with Gasteiger partial charge in [0.05, 0.1) is 12.7 Å². The number of halogens is 1. The third-order valence-electron chi connectivity index (χ3n) is 14.8. The van der Waals surface area contributed by atoms with E-state index in [0.29, 0.717) is 47.3 Å². The Labute approximate surface area is 329 Å². The maximum Gasteiger partial charge on any atom is 0.407 e. The Morgan fingerprint density at radius 2 is 1.65 bits per heavy atom. The highest BCUT2D eigenvalue weighted by molar-refractivity contribution is 14.2. The van der Waals surface area contributed by atoms with Crippen LogP contribution in [0.2, 0.25) is 0 Å². The van der Waals surface area contributed by atoms with Gasteiger partial charge in [-0.1, -0.05) is 80.6 Å². The molecule has 0 radical (unpaired) electrons. The molecule has 0 spiro atoms. The first-order valence-electron chi connectivity index (χ1n) is 20.9. The van der Waals surface area contributed by atoms with Gasteiger partial charge >= 0.3 is 6.09 Å². The van der Waals surface area contributed by atoms with Crippen molar-refractivity contribution in [1.82, 2.24) is 16.0 Å². The molecule has 1 amide bonds. The summed E-state index contributed by atoms with van der Waals surface area (Å²) in [5.74, 6) is 6.23. The van der Waals surface area contributed by atoms with Crippen molar-refractivity contribution >= 4 is 43.6 Å². The summed E-state index contributed by atoms with van der Waals surface area (Å²) in [7, 11) is 3.50. The van der Waals surface area contributed by atoms with Crippen LogP contribution in [0.15, 0.2) is 0 Å². The molecule has 5 unspecified atom stereocenters. The van der Waals surface area contributed by atoms with E-state index < -0.39 is 0 Å². The van der Waals surface area contributed by atoms with Crippen LogP contribution in [0.3, 0.4) is 0 Å². The van der Waals surface area contributed by atoms with Crippen LogP contribution in [0.5, 0.6) is 0 Å². The lowest BCUT2D eigenvalue weighted by atomic mass is 9.44. The molecule has 1 aliphatic heterocycles. The molecule has 51 heavy (non-hydrogen) atoms. The Kier molecular flexibility index (Phi) is 19.2. The molecule has 6 aliphatic rings. The molecular formula is C41H76IN3O5S. The van der Waals surface area contributed by atoms with Gasteiger partial charge in [0.15, 0.2) is 0 Å². The molecule has 6 rings (SSSR count). The van der Waals surface area contributed by atoms with Crippen molar-refractivity contribution in [3.63, 3.8) is 0 Å². The van der Waals surface area contributed by atoms with Crippen molar-refractivity contribution < 1.29 is 24.2 Å². The number of carbonyl (C=O) groups is 2. The first kappa shape index (κ1) is 45.1. The summed E-state index contributed by atoms with van der Waals surface area (Å²) in [5, 5.41) is 17.9. The number of alkyl carbamates (subject to hydrolysis) is 1. The van der Waals surface area contributed by atoms with Gasteiger partial charge in [-0.2, -0.15) is 0 Å². The van der Waals surface area contributed by atoms with E-state index in [0.717, 1.165) is 49.1 Å². The normalized spacial score (nSPS) is 39.1. The van der Waals surface area contributed by atoms with Gasteiger partial charge < -0.3 is 25.2 Å². The van der Waals surface area contributed by atoms with E-state index >= 15 is 0 Å². The predicted molar refractivity (Wildman–Crippen MR) is 221 cm³/mol. The number of hydrogen-bond acceptors (Lipinski definition) is 7. The van der Waals surface area contributed by atoms with Crippen LogP contribution < -0.4 is 16.0 Å². The van der Waals surface area contributed by atoms with Gasteiger partial charge in [-0.15, -0.1) is 9.80 Å². The van der Waals surface area contributed by atoms with Crippen molar-refractivity contribution in [2.45, 2.75) is 170 Å². The third-order valence-corrected chi connectivity index (χ3v) is 14.8. The lowest BCUT2D eigenvalue weighted by Gasteiger charge is -2.61. The summed E-state index contributed by atoms with van der Waals surface area (Å²) in [4.78, 5) is 20.7. The Morgan fingerprint density at radius 1 is 0.980 bits per heavy atom. The van der Waals surface area contributed by atoms with Crippen molar-refractivity contribution in [2.24, 2.45) is 58.2 Å². The van der Waals surface area contributed by atoms with Crippen LogP contribution in [0.1, 0.15) is 145 Å². The molecule has 5 saturated carbocycles. The number of amides is 1. The zero-order chi connectivity index (χ0) is 37.8. The average Bonchev–Trinajstić information content (AvgIpc) is 3.84. The quantitative estimate of drug-likeness (QED) is 0.0801. The molecule has 1 saturated heterocycles. The fourth-order valence-corrected chi connectivity index (χ4v) is 12.2. The highest BCUT2D eigenvalue weighted by Gasteiger charge is 2.65. The Morgan fingerprint density at radius 3 is 2.29 bits per heavy atom. The van der Waals surface area contributed by atoms with E-state index in [2.05, 4.69) is 60.4 Å². The third kappa shape index (κ3) is 10.7. The molecule has 13 atom stereocenters. The van der Waals surface area contributed by atoms with Gasteiger partial charge in [0.1, 0.15) is 6.23 Å². The highest BCUT2D eigenvalue weighted by atomic mass is 127. The maximum atomic E-state index is 12.3. The van der Waals surface area contributed by atoms with Gasteiger partial charge in [0.2, 0.25) is 0 Å².